The molecule has 0 aliphatic rings. The summed E-state index contributed by atoms with van der Waals surface area (Å²) in [5, 5.41) is 3.48. The first-order valence-corrected chi connectivity index (χ1v) is 18.1. The Morgan fingerprint density at radius 2 is 0.879 bits per heavy atom. The number of nitrogens with one attached hydrogen (secondary N) is 1. The molecule has 4 atom stereocenters. The number of hydrogen-bond donors (Lipinski definition) is 1. The summed E-state index contributed by atoms with van der Waals surface area (Å²) < 4.78 is 37.6. The number of hydrogen-bond acceptors (Lipinski definition) is 7. The fraction of sp³-hybridized carbons (Fsp3) is 1.00. The van der Waals surface area contributed by atoms with E-state index in [4.69, 9.17) is 27.2 Å². The molecule has 0 aliphatic heterocycles. The lowest BCUT2D eigenvalue weighted by atomic mass is 10.2. The second-order valence-electron chi connectivity index (χ2n) is 8.75. The van der Waals surface area contributed by atoms with E-state index in [2.05, 4.69) is 32.3 Å². The lowest BCUT2D eigenvalue weighted by molar-refractivity contribution is -0.0743. The third-order valence-electron chi connectivity index (χ3n) is 5.74. The standard InChI is InChI=1S/C24H55NO6Si2/c1-11-17-19-23(32(9,26-13-3)27-14-4)30-21(7)25-22(8)31-24(20-18-12-2)33(10,28-15-5)29-16-6/h21-25H,11-20H2,1-10H3. The van der Waals surface area contributed by atoms with Crippen molar-refractivity contribution in [2.75, 3.05) is 26.4 Å². The van der Waals surface area contributed by atoms with Crippen molar-refractivity contribution >= 4 is 17.1 Å². The summed E-state index contributed by atoms with van der Waals surface area (Å²) in [6, 6.07) is 0. The summed E-state index contributed by atoms with van der Waals surface area (Å²) in [5.74, 6) is 0. The predicted octanol–water partition coefficient (Wildman–Crippen LogP) is 5.79. The third-order valence-corrected chi connectivity index (χ3v) is 12.4. The Balaban J connectivity index is 5.29. The van der Waals surface area contributed by atoms with E-state index < -0.39 is 17.1 Å². The fourth-order valence-electron chi connectivity index (χ4n) is 4.19. The van der Waals surface area contributed by atoms with E-state index in [1.807, 2.05) is 41.5 Å². The maximum atomic E-state index is 6.51. The van der Waals surface area contributed by atoms with Gasteiger partial charge >= 0.3 is 17.1 Å². The fourth-order valence-corrected chi connectivity index (χ4v) is 9.75. The predicted molar refractivity (Wildman–Crippen MR) is 141 cm³/mol. The molecule has 0 aromatic heterocycles. The van der Waals surface area contributed by atoms with E-state index in [-0.39, 0.29) is 23.9 Å². The van der Waals surface area contributed by atoms with Gasteiger partial charge in [0.15, 0.2) is 0 Å². The highest BCUT2D eigenvalue weighted by atomic mass is 28.4. The second-order valence-corrected chi connectivity index (χ2v) is 15.3. The van der Waals surface area contributed by atoms with Crippen LogP contribution in [0, 0.1) is 0 Å². The van der Waals surface area contributed by atoms with Gasteiger partial charge < -0.3 is 27.2 Å². The van der Waals surface area contributed by atoms with Crippen molar-refractivity contribution in [2.24, 2.45) is 0 Å². The van der Waals surface area contributed by atoms with Crippen LogP contribution in [0.1, 0.15) is 93.9 Å². The number of rotatable bonds is 22. The molecule has 0 bridgehead atoms. The minimum Gasteiger partial charge on any atom is -0.393 e. The average molecular weight is 510 g/mol. The summed E-state index contributed by atoms with van der Waals surface area (Å²) >= 11 is 0. The van der Waals surface area contributed by atoms with Crippen molar-refractivity contribution in [1.29, 1.82) is 0 Å². The van der Waals surface area contributed by atoms with Crippen molar-refractivity contribution in [1.82, 2.24) is 5.32 Å². The van der Waals surface area contributed by atoms with Crippen LogP contribution in [0.2, 0.25) is 13.1 Å². The van der Waals surface area contributed by atoms with Gasteiger partial charge in [0.25, 0.3) is 0 Å². The molecule has 0 amide bonds. The van der Waals surface area contributed by atoms with Gasteiger partial charge in [0, 0.05) is 26.4 Å². The van der Waals surface area contributed by atoms with E-state index in [0.29, 0.717) is 26.4 Å². The largest absolute Gasteiger partial charge is 0.393 e. The first-order chi connectivity index (χ1) is 15.7. The first-order valence-electron chi connectivity index (χ1n) is 13.3. The number of ether oxygens (including phenoxy) is 2. The Morgan fingerprint density at radius 3 is 1.12 bits per heavy atom. The van der Waals surface area contributed by atoms with Crippen LogP contribution in [0.15, 0.2) is 0 Å². The van der Waals surface area contributed by atoms with Gasteiger partial charge in [0.05, 0.1) is 0 Å². The molecule has 0 radical (unpaired) electrons. The van der Waals surface area contributed by atoms with Gasteiger partial charge in [-0.3, -0.25) is 5.32 Å². The van der Waals surface area contributed by atoms with Crippen molar-refractivity contribution < 1.29 is 27.2 Å². The first kappa shape index (κ1) is 33.2. The molecule has 0 aromatic rings. The highest BCUT2D eigenvalue weighted by Gasteiger charge is 2.44. The monoisotopic (exact) mass is 509 g/mol. The highest BCUT2D eigenvalue weighted by molar-refractivity contribution is 6.67. The van der Waals surface area contributed by atoms with Gasteiger partial charge in [-0.25, -0.2) is 0 Å². The van der Waals surface area contributed by atoms with Crippen LogP contribution in [-0.2, 0) is 27.2 Å². The molecular formula is C24H55NO6Si2. The molecule has 0 rings (SSSR count). The van der Waals surface area contributed by atoms with Crippen LogP contribution in [-0.4, -0.2) is 67.5 Å². The summed E-state index contributed by atoms with van der Waals surface area (Å²) in [5.41, 5.74) is -0.0937. The molecule has 0 heterocycles. The molecule has 7 nitrogen and oxygen atoms in total. The lowest BCUT2D eigenvalue weighted by Gasteiger charge is -2.38. The van der Waals surface area contributed by atoms with Gasteiger partial charge in [-0.15, -0.1) is 0 Å². The van der Waals surface area contributed by atoms with Gasteiger partial charge in [-0.05, 0) is 67.5 Å². The van der Waals surface area contributed by atoms with Crippen molar-refractivity contribution in [3.8, 4) is 0 Å². The minimum absolute atomic E-state index is 0.0468. The lowest BCUT2D eigenvalue weighted by Crippen LogP contribution is -2.57. The minimum atomic E-state index is -2.47. The summed E-state index contributed by atoms with van der Waals surface area (Å²) in [7, 11) is -4.93. The quantitative estimate of drug-likeness (QED) is 0.146. The Kier molecular flexibility index (Phi) is 18.5. The van der Waals surface area contributed by atoms with Crippen LogP contribution < -0.4 is 5.32 Å². The average Bonchev–Trinajstić information content (AvgIpc) is 2.74. The maximum Gasteiger partial charge on any atom is 0.364 e. The third kappa shape index (κ3) is 12.6. The molecule has 4 unspecified atom stereocenters. The SMILES string of the molecule is CCCCC(OC(C)NC(C)OC(CCCC)[Si](C)(OCC)OCC)[Si](C)(OCC)OCC. The molecule has 9 heteroatoms. The normalized spacial score (nSPS) is 16.5. The van der Waals surface area contributed by atoms with E-state index in [0.717, 1.165) is 38.5 Å². The zero-order valence-corrected chi connectivity index (χ0v) is 25.3. The summed E-state index contributed by atoms with van der Waals surface area (Å²) in [6.45, 7) is 23.3. The van der Waals surface area contributed by atoms with E-state index in [1.54, 1.807) is 0 Å². The van der Waals surface area contributed by atoms with E-state index in [1.165, 1.54) is 0 Å². The van der Waals surface area contributed by atoms with Crippen molar-refractivity contribution in [3.05, 3.63) is 0 Å². The van der Waals surface area contributed by atoms with Crippen LogP contribution in [0.3, 0.4) is 0 Å². The van der Waals surface area contributed by atoms with Crippen LogP contribution >= 0.6 is 0 Å². The maximum absolute atomic E-state index is 6.51. The van der Waals surface area contributed by atoms with Gasteiger partial charge in [0.2, 0.25) is 0 Å². The van der Waals surface area contributed by atoms with Crippen LogP contribution in [0.5, 0.6) is 0 Å². The molecule has 0 saturated heterocycles. The van der Waals surface area contributed by atoms with Gasteiger partial charge in [-0.2, -0.15) is 0 Å². The van der Waals surface area contributed by atoms with Gasteiger partial charge in [0.1, 0.15) is 23.9 Å². The summed E-state index contributed by atoms with van der Waals surface area (Å²) in [4.78, 5) is 0. The van der Waals surface area contributed by atoms with Crippen molar-refractivity contribution in [3.63, 3.8) is 0 Å². The number of unbranched alkanes of at least 4 members (excludes halogenated alkanes) is 2. The van der Waals surface area contributed by atoms with Crippen molar-refractivity contribution in [2.45, 2.75) is 131 Å². The Hall–Kier alpha value is 0.154. The Labute approximate surface area is 207 Å². The molecule has 0 fully saturated rings. The Morgan fingerprint density at radius 1 is 0.576 bits per heavy atom. The topological polar surface area (TPSA) is 67.4 Å². The zero-order chi connectivity index (χ0) is 25.3. The molecule has 1 N–H and O–H groups in total. The van der Waals surface area contributed by atoms with Gasteiger partial charge in [-0.1, -0.05) is 39.5 Å². The summed E-state index contributed by atoms with van der Waals surface area (Å²) in [6.07, 6.45) is 5.85. The van der Waals surface area contributed by atoms with Crippen LogP contribution in [0.25, 0.3) is 0 Å². The highest BCUT2D eigenvalue weighted by Crippen LogP contribution is 2.24. The Bertz CT molecular complexity index is 422. The molecule has 0 saturated carbocycles. The molecule has 0 spiro atoms. The smallest absolute Gasteiger partial charge is 0.364 e. The second kappa shape index (κ2) is 18.4. The molecule has 33 heavy (non-hydrogen) atoms. The van der Waals surface area contributed by atoms with E-state index >= 15 is 0 Å². The molecule has 0 aliphatic carbocycles. The molecule has 0 aromatic carbocycles. The zero-order valence-electron chi connectivity index (χ0n) is 23.3. The van der Waals surface area contributed by atoms with E-state index in [9.17, 15) is 0 Å². The molecule has 200 valence electrons. The van der Waals surface area contributed by atoms with Crippen LogP contribution in [0.4, 0.5) is 0 Å². The molecular weight excluding hydrogens is 454 g/mol.